The number of fused-ring (bicyclic) bond motifs is 1. The van der Waals surface area contributed by atoms with Gasteiger partial charge in [-0.3, -0.25) is 18.5 Å². The molecule has 0 aliphatic carbocycles. The van der Waals surface area contributed by atoms with Crippen LogP contribution in [0.3, 0.4) is 0 Å². The van der Waals surface area contributed by atoms with Gasteiger partial charge in [0, 0.05) is 39.8 Å². The van der Waals surface area contributed by atoms with Gasteiger partial charge >= 0.3 is 5.69 Å². The van der Waals surface area contributed by atoms with Gasteiger partial charge in [0.25, 0.3) is 5.56 Å². The quantitative estimate of drug-likeness (QED) is 0.625. The first-order chi connectivity index (χ1) is 15.1. The van der Waals surface area contributed by atoms with Gasteiger partial charge in [-0.25, -0.2) is 4.79 Å². The highest BCUT2D eigenvalue weighted by Crippen LogP contribution is 2.23. The predicted octanol–water partition coefficient (Wildman–Crippen LogP) is 1.72. The second-order valence-corrected chi connectivity index (χ2v) is 8.18. The number of aryl methyl sites for hydroxylation is 2. The summed E-state index contributed by atoms with van der Waals surface area (Å²) >= 11 is 0. The van der Waals surface area contributed by atoms with Crippen molar-refractivity contribution in [2.24, 2.45) is 7.05 Å². The highest BCUT2D eigenvalue weighted by molar-refractivity contribution is 5.75. The summed E-state index contributed by atoms with van der Waals surface area (Å²) in [4.78, 5) is 33.5. The number of nitrogens with zero attached hydrogens (tertiary/aromatic N) is 5. The molecule has 0 radical (unpaired) electrons. The summed E-state index contributed by atoms with van der Waals surface area (Å²) in [6.45, 7) is 8.56. The molecule has 1 aromatic carbocycles. The Morgan fingerprint density at radius 3 is 2.42 bits per heavy atom. The van der Waals surface area contributed by atoms with Crippen LogP contribution in [0.4, 0.5) is 5.95 Å². The molecule has 0 bridgehead atoms. The number of imidazole rings is 1. The maximum absolute atomic E-state index is 13.5. The van der Waals surface area contributed by atoms with Crippen molar-refractivity contribution in [3.63, 3.8) is 0 Å². The minimum absolute atomic E-state index is 0.241. The number of anilines is 1. The van der Waals surface area contributed by atoms with E-state index >= 15 is 0 Å². The molecule has 1 aliphatic heterocycles. The van der Waals surface area contributed by atoms with Crippen molar-refractivity contribution in [1.82, 2.24) is 24.0 Å². The molecule has 8 nitrogen and oxygen atoms in total. The van der Waals surface area contributed by atoms with Gasteiger partial charge in [-0.2, -0.15) is 4.98 Å². The summed E-state index contributed by atoms with van der Waals surface area (Å²) in [6.07, 6.45) is 2.63. The number of benzene rings is 1. The zero-order valence-electron chi connectivity index (χ0n) is 18.7. The van der Waals surface area contributed by atoms with E-state index in [0.717, 1.165) is 51.4 Å². The lowest BCUT2D eigenvalue weighted by Crippen LogP contribution is -2.44. The predicted molar refractivity (Wildman–Crippen MR) is 124 cm³/mol. The lowest BCUT2D eigenvalue weighted by molar-refractivity contribution is 0.563. The largest absolute Gasteiger partial charge is 0.340 e. The Labute approximate surface area is 182 Å². The molecule has 0 saturated carbocycles. The van der Waals surface area contributed by atoms with Gasteiger partial charge in [0.15, 0.2) is 11.2 Å². The molecule has 4 rings (SSSR count). The van der Waals surface area contributed by atoms with Gasteiger partial charge in [0.2, 0.25) is 5.95 Å². The van der Waals surface area contributed by atoms with Crippen LogP contribution in [-0.2, 0) is 26.6 Å². The molecule has 1 saturated heterocycles. The molecule has 3 aromatic rings. The number of rotatable bonds is 7. The molecule has 0 unspecified atom stereocenters. The Kier molecular flexibility index (Phi) is 6.27. The molecule has 3 heterocycles. The molecule has 1 N–H and O–H groups in total. The van der Waals surface area contributed by atoms with Crippen molar-refractivity contribution in [3.8, 4) is 0 Å². The third-order valence-corrected chi connectivity index (χ3v) is 6.18. The molecule has 1 fully saturated rings. The molecular weight excluding hydrogens is 392 g/mol. The van der Waals surface area contributed by atoms with Crippen LogP contribution in [0.5, 0.6) is 0 Å². The monoisotopic (exact) mass is 424 g/mol. The summed E-state index contributed by atoms with van der Waals surface area (Å²) in [7, 11) is 1.71. The summed E-state index contributed by atoms with van der Waals surface area (Å²) in [6, 6.07) is 8.33. The van der Waals surface area contributed by atoms with Gasteiger partial charge in [-0.1, -0.05) is 44.5 Å². The Bertz CT molecular complexity index is 1180. The van der Waals surface area contributed by atoms with Crippen molar-refractivity contribution in [1.29, 1.82) is 0 Å². The molecule has 0 atom stereocenters. The van der Waals surface area contributed by atoms with Crippen LogP contribution in [0.25, 0.3) is 11.2 Å². The lowest BCUT2D eigenvalue weighted by Gasteiger charge is -2.29. The third kappa shape index (κ3) is 3.92. The average molecular weight is 425 g/mol. The molecule has 1 aliphatic rings. The topological polar surface area (TPSA) is 77.1 Å². The number of piperazine rings is 1. The number of hydrogen-bond acceptors (Lipinski definition) is 5. The average Bonchev–Trinajstić information content (AvgIpc) is 3.18. The van der Waals surface area contributed by atoms with Crippen LogP contribution in [0.15, 0.2) is 33.9 Å². The Morgan fingerprint density at radius 1 is 1.03 bits per heavy atom. The molecule has 8 heteroatoms. The maximum atomic E-state index is 13.5. The fourth-order valence-electron chi connectivity index (χ4n) is 4.36. The van der Waals surface area contributed by atoms with Crippen molar-refractivity contribution >= 4 is 17.1 Å². The molecular formula is C23H32N6O2. The van der Waals surface area contributed by atoms with Gasteiger partial charge in [-0.05, 0) is 24.0 Å². The van der Waals surface area contributed by atoms with E-state index in [0.29, 0.717) is 24.3 Å². The first kappa shape index (κ1) is 21.4. The van der Waals surface area contributed by atoms with Crippen molar-refractivity contribution in [3.05, 3.63) is 56.2 Å². The lowest BCUT2D eigenvalue weighted by atomic mass is 10.1. The fraction of sp³-hybridized carbons (Fsp3) is 0.522. The maximum Gasteiger partial charge on any atom is 0.332 e. The molecule has 31 heavy (non-hydrogen) atoms. The van der Waals surface area contributed by atoms with E-state index in [-0.39, 0.29) is 11.2 Å². The van der Waals surface area contributed by atoms with E-state index in [2.05, 4.69) is 36.2 Å². The minimum Gasteiger partial charge on any atom is -0.340 e. The van der Waals surface area contributed by atoms with Gasteiger partial charge in [-0.15, -0.1) is 0 Å². The second-order valence-electron chi connectivity index (χ2n) is 8.18. The van der Waals surface area contributed by atoms with Gasteiger partial charge < -0.3 is 10.2 Å². The minimum atomic E-state index is -0.295. The molecule has 166 valence electrons. The SMILES string of the molecule is CCCCn1c(=O)c2c(nc(N3CCNCC3)n2Cc2ccccc2CC)n(C)c1=O. The summed E-state index contributed by atoms with van der Waals surface area (Å²) in [5.41, 5.74) is 2.87. The van der Waals surface area contributed by atoms with E-state index in [4.69, 9.17) is 4.98 Å². The number of hydrogen-bond donors (Lipinski definition) is 1. The van der Waals surface area contributed by atoms with Crippen LogP contribution in [0.1, 0.15) is 37.8 Å². The zero-order chi connectivity index (χ0) is 22.0. The van der Waals surface area contributed by atoms with Crippen LogP contribution in [0, 0.1) is 0 Å². The Hall–Kier alpha value is -2.87. The number of nitrogens with one attached hydrogen (secondary N) is 1. The standard InChI is InChI=1S/C23H32N6O2/c1-4-6-13-28-21(30)19-20(26(3)23(28)31)25-22(27-14-11-24-12-15-27)29(19)16-18-10-8-7-9-17(18)5-2/h7-10,24H,4-6,11-16H2,1-3H3. The fourth-order valence-corrected chi connectivity index (χ4v) is 4.36. The molecule has 2 aromatic heterocycles. The summed E-state index contributed by atoms with van der Waals surface area (Å²) in [5, 5.41) is 3.37. The van der Waals surface area contributed by atoms with Gasteiger partial charge in [0.1, 0.15) is 0 Å². The molecule has 0 amide bonds. The Morgan fingerprint density at radius 2 is 1.74 bits per heavy atom. The van der Waals surface area contributed by atoms with Crippen molar-refractivity contribution in [2.75, 3.05) is 31.1 Å². The van der Waals surface area contributed by atoms with Gasteiger partial charge in [0.05, 0.1) is 6.54 Å². The van der Waals surface area contributed by atoms with E-state index < -0.39 is 0 Å². The highest BCUT2D eigenvalue weighted by Gasteiger charge is 2.24. The van der Waals surface area contributed by atoms with Crippen LogP contribution < -0.4 is 21.5 Å². The van der Waals surface area contributed by atoms with E-state index in [1.165, 1.54) is 20.3 Å². The van der Waals surface area contributed by atoms with Crippen molar-refractivity contribution in [2.45, 2.75) is 46.2 Å². The van der Waals surface area contributed by atoms with Crippen molar-refractivity contribution < 1.29 is 0 Å². The second kappa shape index (κ2) is 9.09. The first-order valence-corrected chi connectivity index (χ1v) is 11.3. The van der Waals surface area contributed by atoms with E-state index in [1.807, 2.05) is 16.7 Å². The van der Waals surface area contributed by atoms with E-state index in [9.17, 15) is 9.59 Å². The smallest absolute Gasteiger partial charge is 0.332 e. The zero-order valence-corrected chi connectivity index (χ0v) is 18.7. The van der Waals surface area contributed by atoms with Crippen LogP contribution in [0.2, 0.25) is 0 Å². The number of unbranched alkanes of at least 4 members (excludes halogenated alkanes) is 1. The van der Waals surface area contributed by atoms with E-state index in [1.54, 1.807) is 7.05 Å². The Balaban J connectivity index is 1.96. The highest BCUT2D eigenvalue weighted by atomic mass is 16.2. The van der Waals surface area contributed by atoms with Crippen LogP contribution >= 0.6 is 0 Å². The number of aromatic nitrogens is 4. The van der Waals surface area contributed by atoms with Crippen LogP contribution in [-0.4, -0.2) is 44.9 Å². The molecule has 0 spiro atoms. The first-order valence-electron chi connectivity index (χ1n) is 11.3. The summed E-state index contributed by atoms with van der Waals surface area (Å²) < 4.78 is 4.93. The third-order valence-electron chi connectivity index (χ3n) is 6.18. The summed E-state index contributed by atoms with van der Waals surface area (Å²) in [5.74, 6) is 0.766. The normalized spacial score (nSPS) is 14.5.